The second kappa shape index (κ2) is 5.27. The van der Waals surface area contributed by atoms with Gasteiger partial charge >= 0.3 is 0 Å². The van der Waals surface area contributed by atoms with E-state index in [4.69, 9.17) is 46.4 Å². The fraction of sp³-hybridized carbons (Fsp3) is 0.250. The lowest BCUT2D eigenvalue weighted by molar-refractivity contribution is -0.118. The van der Waals surface area contributed by atoms with Crippen LogP contribution in [0.1, 0.15) is 12.5 Å². The van der Waals surface area contributed by atoms with Gasteiger partial charge in [-0.25, -0.2) is 4.98 Å². The predicted molar refractivity (Wildman–Crippen MR) is 65.9 cm³/mol. The van der Waals surface area contributed by atoms with Crippen LogP contribution < -0.4 is 10.9 Å². The Morgan fingerprint density at radius 2 is 2.00 bits per heavy atom. The number of amides is 1. The number of nitrogens with zero attached hydrogens (tertiary/aromatic N) is 1. The molecule has 0 spiro atoms. The maximum atomic E-state index is 10.7. The van der Waals surface area contributed by atoms with E-state index >= 15 is 0 Å². The molecule has 0 saturated carbocycles. The number of carbonyl (C=O) groups excluding carboxylic acids is 1. The van der Waals surface area contributed by atoms with Crippen LogP contribution in [0.2, 0.25) is 5.15 Å². The molecule has 8 heteroatoms. The van der Waals surface area contributed by atoms with E-state index < -0.39 is 3.79 Å². The minimum atomic E-state index is -1.60. The van der Waals surface area contributed by atoms with Crippen LogP contribution in [0.5, 0.6) is 0 Å². The lowest BCUT2D eigenvalue weighted by atomic mass is 10.3. The van der Waals surface area contributed by atoms with E-state index in [-0.39, 0.29) is 16.9 Å². The van der Waals surface area contributed by atoms with Gasteiger partial charge in [-0.2, -0.15) is 0 Å². The van der Waals surface area contributed by atoms with Crippen LogP contribution in [0.4, 0.5) is 5.82 Å². The Hall–Kier alpha value is -0.420. The number of rotatable bonds is 2. The van der Waals surface area contributed by atoms with E-state index in [0.29, 0.717) is 5.56 Å². The summed E-state index contributed by atoms with van der Waals surface area (Å²) in [5.41, 5.74) is 5.21. The quantitative estimate of drug-likeness (QED) is 0.501. The second-order valence-electron chi connectivity index (χ2n) is 2.87. The first-order valence-electron chi connectivity index (χ1n) is 4.06. The topological polar surface area (TPSA) is 54.0 Å². The highest BCUT2D eigenvalue weighted by molar-refractivity contribution is 6.66. The zero-order valence-electron chi connectivity index (χ0n) is 8.02. The third-order valence-corrected chi connectivity index (χ3v) is 2.34. The third kappa shape index (κ3) is 4.22. The van der Waals surface area contributed by atoms with Crippen molar-refractivity contribution in [2.45, 2.75) is 10.7 Å². The zero-order chi connectivity index (χ0) is 12.3. The van der Waals surface area contributed by atoms with Gasteiger partial charge in [-0.15, -0.1) is 0 Å². The minimum absolute atomic E-state index is 0.150. The second-order valence-corrected chi connectivity index (χ2v) is 5.54. The first kappa shape index (κ1) is 13.6. The van der Waals surface area contributed by atoms with Gasteiger partial charge in [-0.05, 0) is 12.1 Å². The van der Waals surface area contributed by atoms with E-state index in [0.717, 1.165) is 0 Å². The summed E-state index contributed by atoms with van der Waals surface area (Å²) in [6, 6.07) is 2.89. The van der Waals surface area contributed by atoms with Crippen LogP contribution in [0.15, 0.2) is 12.1 Å². The van der Waals surface area contributed by atoms with Crippen molar-refractivity contribution in [1.29, 1.82) is 0 Å². The highest BCUT2D eigenvalue weighted by Gasteiger charge is 2.24. The predicted octanol–water partition coefficient (Wildman–Crippen LogP) is 3.02. The molecule has 2 N–H and O–H groups in total. The van der Waals surface area contributed by atoms with E-state index in [1.807, 2.05) is 0 Å². The van der Waals surface area contributed by atoms with Crippen LogP contribution in [0.3, 0.4) is 0 Å². The molecule has 0 aromatic carbocycles. The smallest absolute Gasteiger partial charge is 0.235 e. The number of alkyl halides is 3. The Morgan fingerprint density at radius 1 is 1.38 bits per heavy atom. The molecular formula is C8H7Cl4N3O. The van der Waals surface area contributed by atoms with Gasteiger partial charge in [0.1, 0.15) is 11.0 Å². The standard InChI is InChI=1S/C8H7Cl4N3O/c1-4(16)14-15-7-3-5(8(10,11)12)2-6(9)13-7/h2-3H,1H3,(H,13,15)(H,14,16). The van der Waals surface area contributed by atoms with Gasteiger partial charge in [-0.1, -0.05) is 46.4 Å². The van der Waals surface area contributed by atoms with Crippen molar-refractivity contribution in [2.75, 3.05) is 5.43 Å². The molecule has 1 heterocycles. The number of hydrogen-bond donors (Lipinski definition) is 2. The zero-order valence-corrected chi connectivity index (χ0v) is 11.0. The molecule has 0 bridgehead atoms. The van der Waals surface area contributed by atoms with Crippen molar-refractivity contribution in [3.05, 3.63) is 22.8 Å². The van der Waals surface area contributed by atoms with Crippen molar-refractivity contribution >= 4 is 58.1 Å². The lowest BCUT2D eigenvalue weighted by Gasteiger charge is -2.13. The molecule has 0 saturated heterocycles. The summed E-state index contributed by atoms with van der Waals surface area (Å²) >= 11 is 22.8. The average Bonchev–Trinajstić information content (AvgIpc) is 2.12. The van der Waals surface area contributed by atoms with Gasteiger partial charge in [0.05, 0.1) is 0 Å². The summed E-state index contributed by atoms with van der Waals surface area (Å²) in [5, 5.41) is 0.150. The van der Waals surface area contributed by atoms with Crippen LogP contribution in [-0.2, 0) is 8.59 Å². The Bertz CT molecular complexity index is 405. The van der Waals surface area contributed by atoms with Crippen LogP contribution in [-0.4, -0.2) is 10.9 Å². The molecular weight excluding hydrogens is 296 g/mol. The maximum Gasteiger partial charge on any atom is 0.235 e. The molecule has 1 amide bonds. The fourth-order valence-corrected chi connectivity index (χ4v) is 1.41. The Kier molecular flexibility index (Phi) is 4.50. The number of pyridine rings is 1. The number of anilines is 1. The molecule has 0 fully saturated rings. The van der Waals surface area contributed by atoms with E-state index in [1.54, 1.807) is 0 Å². The van der Waals surface area contributed by atoms with Crippen molar-refractivity contribution in [3.8, 4) is 0 Å². The number of nitrogens with one attached hydrogen (secondary N) is 2. The lowest BCUT2D eigenvalue weighted by Crippen LogP contribution is -2.27. The molecule has 1 aromatic rings. The summed E-state index contributed by atoms with van der Waals surface area (Å²) < 4.78 is -1.60. The molecule has 4 nitrogen and oxygen atoms in total. The molecule has 88 valence electrons. The Morgan fingerprint density at radius 3 is 2.50 bits per heavy atom. The van der Waals surface area contributed by atoms with Crippen LogP contribution >= 0.6 is 46.4 Å². The summed E-state index contributed by atoms with van der Waals surface area (Å²) in [5.74, 6) is 0.00114. The van der Waals surface area contributed by atoms with Gasteiger partial charge < -0.3 is 0 Å². The van der Waals surface area contributed by atoms with Crippen molar-refractivity contribution in [2.24, 2.45) is 0 Å². The minimum Gasteiger partial charge on any atom is -0.282 e. The van der Waals surface area contributed by atoms with Crippen LogP contribution in [0, 0.1) is 0 Å². The first-order valence-corrected chi connectivity index (χ1v) is 5.57. The van der Waals surface area contributed by atoms with E-state index in [2.05, 4.69) is 15.8 Å². The van der Waals surface area contributed by atoms with Gasteiger partial charge in [-0.3, -0.25) is 15.6 Å². The van der Waals surface area contributed by atoms with E-state index in [1.165, 1.54) is 19.1 Å². The highest BCUT2D eigenvalue weighted by atomic mass is 35.6. The molecule has 0 aliphatic rings. The maximum absolute atomic E-state index is 10.7. The van der Waals surface area contributed by atoms with Gasteiger partial charge in [0.2, 0.25) is 9.70 Å². The number of hydrazine groups is 1. The normalized spacial score (nSPS) is 11.1. The van der Waals surface area contributed by atoms with Crippen LogP contribution in [0.25, 0.3) is 0 Å². The summed E-state index contributed by atoms with van der Waals surface area (Å²) in [7, 11) is 0. The summed E-state index contributed by atoms with van der Waals surface area (Å²) in [4.78, 5) is 14.6. The molecule has 1 aromatic heterocycles. The van der Waals surface area contributed by atoms with Crippen molar-refractivity contribution < 1.29 is 4.79 Å². The number of halogens is 4. The van der Waals surface area contributed by atoms with Crippen molar-refractivity contribution in [1.82, 2.24) is 10.4 Å². The molecule has 0 radical (unpaired) electrons. The van der Waals surface area contributed by atoms with Gasteiger partial charge in [0, 0.05) is 12.5 Å². The summed E-state index contributed by atoms with van der Waals surface area (Å²) in [6.45, 7) is 1.34. The number of aromatic nitrogens is 1. The van der Waals surface area contributed by atoms with Gasteiger partial charge in [0.15, 0.2) is 0 Å². The number of hydrogen-bond acceptors (Lipinski definition) is 3. The summed E-state index contributed by atoms with van der Waals surface area (Å²) in [6.07, 6.45) is 0. The third-order valence-electron chi connectivity index (χ3n) is 1.49. The first-order chi connectivity index (χ1) is 7.29. The highest BCUT2D eigenvalue weighted by Crippen LogP contribution is 2.39. The van der Waals surface area contributed by atoms with E-state index in [9.17, 15) is 4.79 Å². The average molecular weight is 303 g/mol. The molecule has 0 aliphatic heterocycles. The molecule has 0 atom stereocenters. The molecule has 0 unspecified atom stereocenters. The van der Waals surface area contributed by atoms with Crippen molar-refractivity contribution in [3.63, 3.8) is 0 Å². The monoisotopic (exact) mass is 301 g/mol. The fourth-order valence-electron chi connectivity index (χ4n) is 0.877. The Balaban J connectivity index is 2.94. The number of carbonyl (C=O) groups is 1. The molecule has 16 heavy (non-hydrogen) atoms. The Labute approximate surface area is 112 Å². The molecule has 1 rings (SSSR count). The SMILES string of the molecule is CC(=O)NNc1cc(C(Cl)(Cl)Cl)cc(Cl)n1. The molecule has 0 aliphatic carbocycles. The van der Waals surface area contributed by atoms with Gasteiger partial charge in [0.25, 0.3) is 0 Å². The largest absolute Gasteiger partial charge is 0.282 e.